The van der Waals surface area contributed by atoms with Crippen LogP contribution in [0, 0.1) is 0 Å². The van der Waals surface area contributed by atoms with Crippen LogP contribution in [-0.2, 0) is 11.2 Å². The van der Waals surface area contributed by atoms with Crippen LogP contribution >= 0.6 is 0 Å². The Balaban J connectivity index is 1.47. The molecule has 1 fully saturated rings. The van der Waals surface area contributed by atoms with Gasteiger partial charge in [0.05, 0.1) is 6.20 Å². The summed E-state index contributed by atoms with van der Waals surface area (Å²) in [6.07, 6.45) is 4.60. The van der Waals surface area contributed by atoms with E-state index >= 15 is 0 Å². The van der Waals surface area contributed by atoms with Crippen molar-refractivity contribution in [3.8, 4) is 0 Å². The Morgan fingerprint density at radius 3 is 2.67 bits per heavy atom. The van der Waals surface area contributed by atoms with E-state index in [9.17, 15) is 4.79 Å². The zero-order valence-corrected chi connectivity index (χ0v) is 13.6. The molecule has 0 saturated carbocycles. The molecule has 7 nitrogen and oxygen atoms in total. The average Bonchev–Trinajstić information content (AvgIpc) is 2.66. The first-order valence-corrected chi connectivity index (χ1v) is 8.27. The van der Waals surface area contributed by atoms with Gasteiger partial charge in [0.1, 0.15) is 0 Å². The van der Waals surface area contributed by atoms with Crippen LogP contribution in [0.2, 0.25) is 0 Å². The molecule has 1 aromatic carbocycles. The third-order valence-corrected chi connectivity index (χ3v) is 4.10. The Bertz CT molecular complexity index is 643. The van der Waals surface area contributed by atoms with Gasteiger partial charge in [0, 0.05) is 32.7 Å². The first kappa shape index (κ1) is 16.2. The van der Waals surface area contributed by atoms with Crippen LogP contribution in [-0.4, -0.2) is 59.2 Å². The number of aromatic nitrogens is 3. The summed E-state index contributed by atoms with van der Waals surface area (Å²) >= 11 is 0. The monoisotopic (exact) mass is 326 g/mol. The van der Waals surface area contributed by atoms with Gasteiger partial charge in [-0.1, -0.05) is 30.3 Å². The summed E-state index contributed by atoms with van der Waals surface area (Å²) in [6.45, 7) is 3.77. The van der Waals surface area contributed by atoms with Gasteiger partial charge in [-0.05, 0) is 18.4 Å². The minimum Gasteiger partial charge on any atom is -0.353 e. The Labute approximate surface area is 141 Å². The molecule has 0 bridgehead atoms. The van der Waals surface area contributed by atoms with Crippen molar-refractivity contribution in [1.82, 2.24) is 20.1 Å². The Hall–Kier alpha value is -2.70. The van der Waals surface area contributed by atoms with Crippen molar-refractivity contribution in [3.63, 3.8) is 0 Å². The molecule has 126 valence electrons. The molecular formula is C17H22N6O. The first-order valence-electron chi connectivity index (χ1n) is 8.27. The van der Waals surface area contributed by atoms with Crippen molar-refractivity contribution in [3.05, 3.63) is 42.1 Å². The molecule has 1 aliphatic rings. The maximum absolute atomic E-state index is 10.8. The van der Waals surface area contributed by atoms with E-state index in [1.54, 1.807) is 11.1 Å². The molecule has 1 aromatic heterocycles. The number of rotatable bonds is 7. The minimum atomic E-state index is 0.554. The Kier molecular flexibility index (Phi) is 5.55. The van der Waals surface area contributed by atoms with Crippen LogP contribution < -0.4 is 10.2 Å². The summed E-state index contributed by atoms with van der Waals surface area (Å²) in [5.74, 6) is 1.36. The molecule has 24 heavy (non-hydrogen) atoms. The highest BCUT2D eigenvalue weighted by Crippen LogP contribution is 2.13. The number of piperazine rings is 1. The molecule has 3 rings (SSSR count). The van der Waals surface area contributed by atoms with Crippen molar-refractivity contribution >= 4 is 18.2 Å². The molecule has 1 aliphatic heterocycles. The number of nitrogens with zero attached hydrogens (tertiary/aromatic N) is 5. The second-order valence-corrected chi connectivity index (χ2v) is 5.78. The second-order valence-electron chi connectivity index (χ2n) is 5.78. The predicted molar refractivity (Wildman–Crippen MR) is 92.9 cm³/mol. The Morgan fingerprint density at radius 1 is 1.12 bits per heavy atom. The van der Waals surface area contributed by atoms with Gasteiger partial charge in [0.25, 0.3) is 0 Å². The van der Waals surface area contributed by atoms with E-state index in [2.05, 4.69) is 49.7 Å². The van der Waals surface area contributed by atoms with E-state index in [4.69, 9.17) is 0 Å². The highest BCUT2D eigenvalue weighted by atomic mass is 16.1. The normalized spacial score (nSPS) is 14.5. The molecule has 0 spiro atoms. The number of carbonyl (C=O) groups excluding carboxylic acids is 1. The van der Waals surface area contributed by atoms with Gasteiger partial charge in [-0.15, -0.1) is 5.10 Å². The second kappa shape index (κ2) is 8.24. The summed E-state index contributed by atoms with van der Waals surface area (Å²) in [5.41, 5.74) is 1.33. The molecule has 1 amide bonds. The lowest BCUT2D eigenvalue weighted by Gasteiger charge is -2.33. The van der Waals surface area contributed by atoms with E-state index in [1.165, 1.54) is 5.56 Å². The summed E-state index contributed by atoms with van der Waals surface area (Å²) < 4.78 is 0. The number of aryl methyl sites for hydroxylation is 1. The smallest absolute Gasteiger partial charge is 0.244 e. The van der Waals surface area contributed by atoms with Crippen molar-refractivity contribution in [2.45, 2.75) is 12.8 Å². The standard InChI is InChI=1S/C17H22N6O/c24-14-22-9-11-23(12-10-22)16-13-19-21-17(20-16)18-8-4-7-15-5-2-1-3-6-15/h1-3,5-6,13-14H,4,7-12H2,(H,18,20,21). The van der Waals surface area contributed by atoms with Gasteiger partial charge >= 0.3 is 0 Å². The van der Waals surface area contributed by atoms with Crippen LogP contribution in [0.5, 0.6) is 0 Å². The minimum absolute atomic E-state index is 0.554. The van der Waals surface area contributed by atoms with Crippen LogP contribution in [0.3, 0.4) is 0 Å². The van der Waals surface area contributed by atoms with E-state index in [-0.39, 0.29) is 0 Å². The van der Waals surface area contributed by atoms with Crippen molar-refractivity contribution < 1.29 is 4.79 Å². The molecule has 0 aliphatic carbocycles. The molecule has 0 atom stereocenters. The predicted octanol–water partition coefficient (Wildman–Crippen LogP) is 1.19. The van der Waals surface area contributed by atoms with E-state index in [1.807, 2.05) is 6.07 Å². The molecule has 0 radical (unpaired) electrons. The van der Waals surface area contributed by atoms with Gasteiger partial charge in [-0.2, -0.15) is 10.1 Å². The molecule has 1 N–H and O–H groups in total. The summed E-state index contributed by atoms with van der Waals surface area (Å²) in [7, 11) is 0. The Morgan fingerprint density at radius 2 is 1.92 bits per heavy atom. The van der Waals surface area contributed by atoms with Crippen LogP contribution in [0.15, 0.2) is 36.5 Å². The summed E-state index contributed by atoms with van der Waals surface area (Å²) in [6, 6.07) is 10.4. The van der Waals surface area contributed by atoms with Gasteiger partial charge in [-0.3, -0.25) is 4.79 Å². The highest BCUT2D eigenvalue weighted by Gasteiger charge is 2.17. The number of nitrogens with one attached hydrogen (secondary N) is 1. The van der Waals surface area contributed by atoms with E-state index in [0.29, 0.717) is 19.0 Å². The van der Waals surface area contributed by atoms with E-state index in [0.717, 1.165) is 44.7 Å². The lowest BCUT2D eigenvalue weighted by Crippen LogP contribution is -2.46. The van der Waals surface area contributed by atoms with Gasteiger partial charge in [-0.25, -0.2) is 0 Å². The number of amides is 1. The van der Waals surface area contributed by atoms with E-state index < -0.39 is 0 Å². The third kappa shape index (κ3) is 4.41. The number of hydrogen-bond acceptors (Lipinski definition) is 6. The fourth-order valence-corrected chi connectivity index (χ4v) is 2.72. The van der Waals surface area contributed by atoms with Crippen LogP contribution in [0.25, 0.3) is 0 Å². The maximum Gasteiger partial charge on any atom is 0.244 e. The maximum atomic E-state index is 10.8. The number of hydrogen-bond donors (Lipinski definition) is 1. The van der Waals surface area contributed by atoms with Crippen molar-refractivity contribution in [1.29, 1.82) is 0 Å². The van der Waals surface area contributed by atoms with Gasteiger partial charge < -0.3 is 15.1 Å². The number of benzene rings is 1. The molecule has 0 unspecified atom stereocenters. The molecule has 2 aromatic rings. The molecule has 2 heterocycles. The largest absolute Gasteiger partial charge is 0.353 e. The highest BCUT2D eigenvalue weighted by molar-refractivity contribution is 5.49. The number of carbonyl (C=O) groups is 1. The summed E-state index contributed by atoms with van der Waals surface area (Å²) in [5, 5.41) is 11.3. The fourth-order valence-electron chi connectivity index (χ4n) is 2.72. The zero-order chi connectivity index (χ0) is 16.6. The topological polar surface area (TPSA) is 74.2 Å². The molecular weight excluding hydrogens is 304 g/mol. The molecule has 7 heteroatoms. The average molecular weight is 326 g/mol. The number of anilines is 2. The third-order valence-electron chi connectivity index (χ3n) is 4.10. The van der Waals surface area contributed by atoms with Crippen LogP contribution in [0.4, 0.5) is 11.8 Å². The quantitative estimate of drug-likeness (QED) is 0.609. The molecule has 1 saturated heterocycles. The van der Waals surface area contributed by atoms with Crippen LogP contribution in [0.1, 0.15) is 12.0 Å². The van der Waals surface area contributed by atoms with Crippen molar-refractivity contribution in [2.24, 2.45) is 0 Å². The van der Waals surface area contributed by atoms with Gasteiger partial charge in [0.15, 0.2) is 5.82 Å². The lowest BCUT2D eigenvalue weighted by molar-refractivity contribution is -0.118. The zero-order valence-electron chi connectivity index (χ0n) is 13.6. The SMILES string of the molecule is O=CN1CCN(c2cnnc(NCCCc3ccccc3)n2)CC1. The summed E-state index contributed by atoms with van der Waals surface area (Å²) in [4.78, 5) is 19.2. The van der Waals surface area contributed by atoms with Gasteiger partial charge in [0.2, 0.25) is 12.4 Å². The lowest BCUT2D eigenvalue weighted by atomic mass is 10.1. The first-order chi connectivity index (χ1) is 11.8. The van der Waals surface area contributed by atoms with Crippen molar-refractivity contribution in [2.75, 3.05) is 42.9 Å². The fraction of sp³-hybridized carbons (Fsp3) is 0.412.